The third-order valence-corrected chi connectivity index (χ3v) is 4.04. The summed E-state index contributed by atoms with van der Waals surface area (Å²) in [4.78, 5) is 0. The maximum atomic E-state index is 2.35. The van der Waals surface area contributed by atoms with Crippen molar-refractivity contribution in [3.63, 3.8) is 0 Å². The third kappa shape index (κ3) is 2.76. The molecule has 0 bridgehead atoms. The molecule has 1 atom stereocenters. The van der Waals surface area contributed by atoms with Gasteiger partial charge in [-0.05, 0) is 12.8 Å². The molecule has 1 saturated carbocycles. The van der Waals surface area contributed by atoms with Gasteiger partial charge in [0.25, 0.3) is 0 Å². The molecule has 0 N–H and O–H groups in total. The summed E-state index contributed by atoms with van der Waals surface area (Å²) < 4.78 is 0. The van der Waals surface area contributed by atoms with Crippen LogP contribution >= 0.6 is 0 Å². The van der Waals surface area contributed by atoms with Crippen molar-refractivity contribution in [3.8, 4) is 0 Å². The normalized spacial score (nSPS) is 26.8. The van der Waals surface area contributed by atoms with E-state index in [4.69, 9.17) is 0 Å². The van der Waals surface area contributed by atoms with Gasteiger partial charge in [-0.25, -0.2) is 17.6 Å². The molecule has 3 aliphatic carbocycles. The fourth-order valence-corrected chi connectivity index (χ4v) is 3.21. The maximum Gasteiger partial charge on any atom is 0 e. The van der Waals surface area contributed by atoms with Crippen molar-refractivity contribution in [2.24, 2.45) is 5.92 Å². The molecular formula is C16H20Zr-2. The first kappa shape index (κ1) is 13.2. The Morgan fingerprint density at radius 3 is 2.59 bits per heavy atom. The van der Waals surface area contributed by atoms with Crippen LogP contribution in [0.1, 0.15) is 40.0 Å². The van der Waals surface area contributed by atoms with Gasteiger partial charge < -0.3 is 1.43 Å². The molecule has 0 amide bonds. The fourth-order valence-electron chi connectivity index (χ4n) is 3.21. The summed E-state index contributed by atoms with van der Waals surface area (Å²) >= 11 is 0. The van der Waals surface area contributed by atoms with Crippen LogP contribution in [0.15, 0.2) is 47.6 Å². The Morgan fingerprint density at radius 2 is 1.88 bits per heavy atom. The van der Waals surface area contributed by atoms with Gasteiger partial charge >= 0.3 is 0 Å². The predicted molar refractivity (Wildman–Crippen MR) is 70.0 cm³/mol. The van der Waals surface area contributed by atoms with Gasteiger partial charge in [0.15, 0.2) is 0 Å². The van der Waals surface area contributed by atoms with Crippen LogP contribution in [0.5, 0.6) is 0 Å². The summed E-state index contributed by atoms with van der Waals surface area (Å²) in [7, 11) is 0. The molecule has 0 nitrogen and oxygen atoms in total. The van der Waals surface area contributed by atoms with E-state index in [1.165, 1.54) is 38.5 Å². The Kier molecular flexibility index (Phi) is 4.68. The van der Waals surface area contributed by atoms with E-state index in [-0.39, 0.29) is 27.6 Å². The van der Waals surface area contributed by atoms with Crippen molar-refractivity contribution in [3.05, 3.63) is 53.5 Å². The van der Waals surface area contributed by atoms with Crippen molar-refractivity contribution in [1.29, 1.82) is 0 Å². The molecule has 0 saturated heterocycles. The molecule has 3 rings (SSSR count). The van der Waals surface area contributed by atoms with Crippen molar-refractivity contribution in [2.75, 3.05) is 0 Å². The molecule has 1 unspecified atom stereocenters. The van der Waals surface area contributed by atoms with E-state index in [0.29, 0.717) is 0 Å². The molecular weight excluding hydrogens is 283 g/mol. The van der Waals surface area contributed by atoms with Gasteiger partial charge in [0.2, 0.25) is 0 Å². The SMILES string of the molecule is C1=CCC([C-]2CCCCC2C2=CC=CC2)=C1.[H-].[Zr]. The molecule has 0 aliphatic heterocycles. The van der Waals surface area contributed by atoms with E-state index in [0.717, 1.165) is 5.92 Å². The minimum atomic E-state index is 0. The van der Waals surface area contributed by atoms with Crippen LogP contribution in [0.3, 0.4) is 0 Å². The van der Waals surface area contributed by atoms with Gasteiger partial charge in [-0.15, -0.1) is 12.2 Å². The van der Waals surface area contributed by atoms with Gasteiger partial charge in [-0.1, -0.05) is 55.4 Å². The Hall–Kier alpha value is -0.287. The average molecular weight is 304 g/mol. The molecule has 0 heterocycles. The van der Waals surface area contributed by atoms with E-state index in [9.17, 15) is 0 Å². The molecule has 0 radical (unpaired) electrons. The van der Waals surface area contributed by atoms with Crippen molar-refractivity contribution >= 4 is 0 Å². The second-order valence-electron chi connectivity index (χ2n) is 5.02. The van der Waals surface area contributed by atoms with Gasteiger partial charge in [0.05, 0.1) is 0 Å². The Morgan fingerprint density at radius 1 is 1.06 bits per heavy atom. The average Bonchev–Trinajstić information content (AvgIpc) is 3.03. The van der Waals surface area contributed by atoms with Gasteiger partial charge in [0.1, 0.15) is 0 Å². The van der Waals surface area contributed by atoms with Crippen molar-refractivity contribution in [2.45, 2.75) is 38.5 Å². The first-order valence-corrected chi connectivity index (χ1v) is 6.52. The van der Waals surface area contributed by atoms with E-state index < -0.39 is 0 Å². The minimum absolute atomic E-state index is 0. The second-order valence-corrected chi connectivity index (χ2v) is 5.02. The zero-order valence-corrected chi connectivity index (χ0v) is 12.7. The standard InChI is InChI=1S/C16H19.Zr.H/c1-2-8-13(7-1)15-11-5-6-12-16(15)14-9-3-4-10-14;;/h1-4,7,9,15H,5-6,8,10-12H2;;/q-1;;-1. The number of hydrogen-bond donors (Lipinski definition) is 0. The molecule has 0 aromatic heterocycles. The maximum absolute atomic E-state index is 2.35. The van der Waals surface area contributed by atoms with E-state index >= 15 is 0 Å². The summed E-state index contributed by atoms with van der Waals surface area (Å²) in [5.74, 6) is 2.50. The van der Waals surface area contributed by atoms with Crippen LogP contribution in [0, 0.1) is 11.8 Å². The zero-order valence-electron chi connectivity index (χ0n) is 11.3. The van der Waals surface area contributed by atoms with Crippen LogP contribution < -0.4 is 0 Å². The Labute approximate surface area is 125 Å². The van der Waals surface area contributed by atoms with Crippen LogP contribution in [-0.4, -0.2) is 0 Å². The summed E-state index contributed by atoms with van der Waals surface area (Å²) in [5, 5.41) is 0. The molecule has 0 aromatic carbocycles. The van der Waals surface area contributed by atoms with Gasteiger partial charge in [0, 0.05) is 26.2 Å². The molecule has 3 aliphatic rings. The van der Waals surface area contributed by atoms with Crippen LogP contribution in [0.4, 0.5) is 0 Å². The molecule has 17 heavy (non-hydrogen) atoms. The second kappa shape index (κ2) is 6.05. The molecule has 90 valence electrons. The van der Waals surface area contributed by atoms with Crippen LogP contribution in [-0.2, 0) is 26.2 Å². The molecule has 1 heteroatoms. The summed E-state index contributed by atoms with van der Waals surface area (Å²) in [5.41, 5.74) is 3.26. The van der Waals surface area contributed by atoms with Gasteiger partial charge in [-0.3, -0.25) is 0 Å². The largest absolute Gasteiger partial charge is 1.00 e. The molecule has 0 aromatic rings. The van der Waals surface area contributed by atoms with Crippen molar-refractivity contribution in [1.82, 2.24) is 0 Å². The van der Waals surface area contributed by atoms with E-state index in [1.54, 1.807) is 17.1 Å². The quantitative estimate of drug-likeness (QED) is 0.652. The molecule has 0 spiro atoms. The fraction of sp³-hybridized carbons (Fsp3) is 0.438. The van der Waals surface area contributed by atoms with Crippen LogP contribution in [0.2, 0.25) is 0 Å². The molecule has 1 fully saturated rings. The number of allylic oxidation sites excluding steroid dienone is 8. The van der Waals surface area contributed by atoms with Gasteiger partial charge in [-0.2, -0.15) is 0 Å². The smallest absolute Gasteiger partial charge is 0 e. The third-order valence-electron chi connectivity index (χ3n) is 4.04. The zero-order chi connectivity index (χ0) is 10.8. The van der Waals surface area contributed by atoms with Crippen LogP contribution in [0.25, 0.3) is 0 Å². The Balaban J connectivity index is 0.000000810. The first-order chi connectivity index (χ1) is 7.95. The van der Waals surface area contributed by atoms with Crippen molar-refractivity contribution < 1.29 is 27.6 Å². The number of hydrogen-bond acceptors (Lipinski definition) is 0. The first-order valence-electron chi connectivity index (χ1n) is 6.52. The summed E-state index contributed by atoms with van der Waals surface area (Å²) in [6, 6.07) is 0. The topological polar surface area (TPSA) is 0 Å². The van der Waals surface area contributed by atoms with E-state index in [1.807, 2.05) is 0 Å². The summed E-state index contributed by atoms with van der Waals surface area (Å²) in [6.07, 6.45) is 21.6. The monoisotopic (exact) mass is 302 g/mol. The number of rotatable bonds is 2. The predicted octanol–water partition coefficient (Wildman–Crippen LogP) is 4.63. The Bertz CT molecular complexity index is 352. The minimum Gasteiger partial charge on any atom is -1.00 e. The van der Waals surface area contributed by atoms with E-state index in [2.05, 4.69) is 36.5 Å². The summed E-state index contributed by atoms with van der Waals surface area (Å²) in [6.45, 7) is 0.